The molecule has 0 radical (unpaired) electrons. The van der Waals surface area contributed by atoms with Crippen LogP contribution in [0.25, 0.3) is 0 Å². The monoisotopic (exact) mass is 452 g/mol. The maximum absolute atomic E-state index is 12.4. The van der Waals surface area contributed by atoms with Crippen molar-refractivity contribution in [2.75, 3.05) is 19.6 Å². The van der Waals surface area contributed by atoms with Gasteiger partial charge in [-0.2, -0.15) is 0 Å². The zero-order valence-corrected chi connectivity index (χ0v) is 19.8. The van der Waals surface area contributed by atoms with Gasteiger partial charge in [0.1, 0.15) is 5.60 Å². The Hall–Kier alpha value is -1.07. The third-order valence-corrected chi connectivity index (χ3v) is 6.38. The first-order chi connectivity index (χ1) is 13.2. The smallest absolute Gasteiger partial charge is 0.410 e. The summed E-state index contributed by atoms with van der Waals surface area (Å²) < 4.78 is 6.73. The van der Waals surface area contributed by atoms with E-state index in [-0.39, 0.29) is 6.09 Å². The van der Waals surface area contributed by atoms with E-state index in [0.29, 0.717) is 12.0 Å². The predicted octanol–water partition coefficient (Wildman–Crippen LogP) is 6.09. The first-order valence-electron chi connectivity index (χ1n) is 10.7. The van der Waals surface area contributed by atoms with Crippen molar-refractivity contribution in [1.82, 2.24) is 9.80 Å². The van der Waals surface area contributed by atoms with Crippen LogP contribution in [0.4, 0.5) is 4.79 Å². The van der Waals surface area contributed by atoms with Crippen molar-refractivity contribution in [1.29, 1.82) is 0 Å². The normalized spacial score (nSPS) is 16.1. The highest BCUT2D eigenvalue weighted by atomic mass is 79.9. The van der Waals surface area contributed by atoms with Crippen LogP contribution in [0.2, 0.25) is 0 Å². The average molecular weight is 453 g/mol. The van der Waals surface area contributed by atoms with Gasteiger partial charge >= 0.3 is 6.09 Å². The Labute approximate surface area is 179 Å². The van der Waals surface area contributed by atoms with Crippen molar-refractivity contribution in [3.63, 3.8) is 0 Å². The van der Waals surface area contributed by atoms with E-state index in [1.165, 1.54) is 22.9 Å². The van der Waals surface area contributed by atoms with E-state index in [1.807, 2.05) is 25.7 Å². The van der Waals surface area contributed by atoms with E-state index >= 15 is 0 Å². The van der Waals surface area contributed by atoms with Crippen LogP contribution in [0.3, 0.4) is 0 Å². The fourth-order valence-corrected chi connectivity index (χ4v) is 4.22. The Morgan fingerprint density at radius 3 is 2.36 bits per heavy atom. The highest BCUT2D eigenvalue weighted by Crippen LogP contribution is 2.26. The second kappa shape index (κ2) is 10.6. The van der Waals surface area contributed by atoms with Gasteiger partial charge in [0.05, 0.1) is 0 Å². The predicted molar refractivity (Wildman–Crippen MR) is 119 cm³/mol. The van der Waals surface area contributed by atoms with E-state index in [2.05, 4.69) is 58.9 Å². The molecule has 28 heavy (non-hydrogen) atoms. The number of piperidine rings is 1. The number of benzene rings is 1. The molecule has 5 heteroatoms. The molecule has 1 fully saturated rings. The lowest BCUT2D eigenvalue weighted by Crippen LogP contribution is -2.48. The van der Waals surface area contributed by atoms with Crippen molar-refractivity contribution in [3.8, 4) is 0 Å². The Morgan fingerprint density at radius 1 is 1.21 bits per heavy atom. The van der Waals surface area contributed by atoms with E-state index in [4.69, 9.17) is 4.74 Å². The first kappa shape index (κ1) is 23.2. The third-order valence-electron chi connectivity index (χ3n) is 5.61. The second-order valence-corrected chi connectivity index (χ2v) is 9.76. The van der Waals surface area contributed by atoms with Crippen molar-refractivity contribution >= 4 is 22.0 Å². The lowest BCUT2D eigenvalue weighted by atomic mass is 9.97. The molecule has 0 spiro atoms. The Kier molecular flexibility index (Phi) is 8.81. The number of carbonyl (C=O) groups excluding carboxylic acids is 1. The van der Waals surface area contributed by atoms with Crippen molar-refractivity contribution in [2.45, 2.75) is 78.5 Å². The number of rotatable bonds is 7. The van der Waals surface area contributed by atoms with Crippen LogP contribution in [0.15, 0.2) is 28.7 Å². The van der Waals surface area contributed by atoms with E-state index in [0.717, 1.165) is 39.0 Å². The molecule has 0 unspecified atom stereocenters. The minimum atomic E-state index is -0.435. The molecule has 0 aliphatic carbocycles. The molecule has 0 bridgehead atoms. The van der Waals surface area contributed by atoms with Crippen LogP contribution in [-0.2, 0) is 11.3 Å². The number of carbonyl (C=O) groups is 1. The van der Waals surface area contributed by atoms with Crippen LogP contribution >= 0.6 is 15.9 Å². The molecule has 0 N–H and O–H groups in total. The van der Waals surface area contributed by atoms with Gasteiger partial charge in [0.2, 0.25) is 0 Å². The van der Waals surface area contributed by atoms with Gasteiger partial charge in [-0.05, 0) is 51.2 Å². The Morgan fingerprint density at radius 2 is 1.82 bits per heavy atom. The van der Waals surface area contributed by atoms with Crippen LogP contribution < -0.4 is 0 Å². The van der Waals surface area contributed by atoms with Crippen LogP contribution in [-0.4, -0.2) is 47.2 Å². The summed E-state index contributed by atoms with van der Waals surface area (Å²) in [5.74, 6) is 0.714. The average Bonchev–Trinajstić information content (AvgIpc) is 2.65. The molecule has 1 amide bonds. The molecule has 1 aliphatic rings. The van der Waals surface area contributed by atoms with Gasteiger partial charge in [0.15, 0.2) is 0 Å². The summed E-state index contributed by atoms with van der Waals surface area (Å²) in [4.78, 5) is 16.9. The Balaban J connectivity index is 2.03. The number of nitrogens with zero attached hydrogens (tertiary/aromatic N) is 2. The molecule has 1 saturated heterocycles. The fraction of sp³-hybridized carbons (Fsp3) is 0.696. The summed E-state index contributed by atoms with van der Waals surface area (Å²) >= 11 is 3.71. The number of amides is 1. The van der Waals surface area contributed by atoms with Gasteiger partial charge in [-0.1, -0.05) is 60.8 Å². The lowest BCUT2D eigenvalue weighted by molar-refractivity contribution is 0.0124. The number of hydrogen-bond donors (Lipinski definition) is 0. The van der Waals surface area contributed by atoms with Crippen LogP contribution in [0.1, 0.15) is 65.9 Å². The van der Waals surface area contributed by atoms with Gasteiger partial charge in [-0.15, -0.1) is 0 Å². The minimum absolute atomic E-state index is 0.178. The lowest BCUT2D eigenvalue weighted by Gasteiger charge is -2.40. The molecule has 2 rings (SSSR count). The van der Waals surface area contributed by atoms with Crippen molar-refractivity contribution in [2.24, 2.45) is 5.92 Å². The number of ether oxygens (including phenoxy) is 1. The third kappa shape index (κ3) is 7.07. The molecule has 158 valence electrons. The van der Waals surface area contributed by atoms with E-state index < -0.39 is 5.60 Å². The topological polar surface area (TPSA) is 32.8 Å². The minimum Gasteiger partial charge on any atom is -0.444 e. The van der Waals surface area contributed by atoms with E-state index in [9.17, 15) is 4.79 Å². The zero-order chi connectivity index (χ0) is 20.7. The fourth-order valence-electron chi connectivity index (χ4n) is 3.81. The van der Waals surface area contributed by atoms with Gasteiger partial charge in [0.25, 0.3) is 0 Å². The molecule has 1 aromatic rings. The highest BCUT2D eigenvalue weighted by molar-refractivity contribution is 9.10. The quantitative estimate of drug-likeness (QED) is 0.501. The molecule has 0 aromatic heterocycles. The largest absolute Gasteiger partial charge is 0.444 e. The molecule has 4 nitrogen and oxygen atoms in total. The number of hydrogen-bond acceptors (Lipinski definition) is 3. The molecule has 0 saturated carbocycles. The van der Waals surface area contributed by atoms with Gasteiger partial charge < -0.3 is 9.64 Å². The molecular formula is C23H37BrN2O2. The first-order valence-corrected chi connectivity index (χ1v) is 11.5. The van der Waals surface area contributed by atoms with Gasteiger partial charge in [-0.25, -0.2) is 4.79 Å². The van der Waals surface area contributed by atoms with Gasteiger partial charge in [-0.3, -0.25) is 4.90 Å². The second-order valence-electron chi connectivity index (χ2n) is 8.90. The maximum atomic E-state index is 12.4. The van der Waals surface area contributed by atoms with Crippen molar-refractivity contribution in [3.05, 3.63) is 34.3 Å². The molecule has 0 atom stereocenters. The highest BCUT2D eigenvalue weighted by Gasteiger charge is 2.30. The number of likely N-dealkylation sites (tertiary alicyclic amines) is 1. The number of halogens is 1. The summed E-state index contributed by atoms with van der Waals surface area (Å²) in [5, 5.41) is 0. The van der Waals surface area contributed by atoms with Crippen LogP contribution in [0, 0.1) is 5.92 Å². The maximum Gasteiger partial charge on any atom is 0.410 e. The molecular weight excluding hydrogens is 416 g/mol. The summed E-state index contributed by atoms with van der Waals surface area (Å²) in [7, 11) is 0. The molecule has 1 aliphatic heterocycles. The SMILES string of the molecule is CCC(CC)CN(Cc1ccccc1Br)C1CCN(C(=O)OC(C)(C)C)CC1. The van der Waals surface area contributed by atoms with Gasteiger partial charge in [0, 0.05) is 36.7 Å². The molecule has 1 aromatic carbocycles. The summed E-state index contributed by atoms with van der Waals surface area (Å²) in [5.41, 5.74) is 0.901. The summed E-state index contributed by atoms with van der Waals surface area (Å²) in [6.45, 7) is 14.0. The molecule has 1 heterocycles. The summed E-state index contributed by atoms with van der Waals surface area (Å²) in [6.07, 6.45) is 4.25. The Bertz CT molecular complexity index is 617. The zero-order valence-electron chi connectivity index (χ0n) is 18.2. The van der Waals surface area contributed by atoms with Crippen molar-refractivity contribution < 1.29 is 9.53 Å². The van der Waals surface area contributed by atoms with Crippen LogP contribution in [0.5, 0.6) is 0 Å². The summed E-state index contributed by atoms with van der Waals surface area (Å²) in [6, 6.07) is 9.01. The standard InChI is InChI=1S/C23H37BrN2O2/c1-6-18(7-2)16-26(17-19-10-8-9-11-21(19)24)20-12-14-25(15-13-20)22(27)28-23(3,4)5/h8-11,18,20H,6-7,12-17H2,1-5H3. The van der Waals surface area contributed by atoms with E-state index in [1.54, 1.807) is 0 Å².